The quantitative estimate of drug-likeness (QED) is 0.0343. The Morgan fingerprint density at radius 2 is 0.567 bits per heavy atom. The molecule has 6 nitrogen and oxygen atoms in total. The van der Waals surface area contributed by atoms with Gasteiger partial charge in [0.15, 0.2) is 6.10 Å². The van der Waals surface area contributed by atoms with Gasteiger partial charge in [0.25, 0.3) is 0 Å². The summed E-state index contributed by atoms with van der Waals surface area (Å²) in [5, 5.41) is 0. The molecule has 0 amide bonds. The SMILES string of the molecule is CCCCCCCCCCCCCC(=O)OC[C@@H](COC(=O)CCCCCCCCCCCCCCCC(C)C)OC(=O)CCCCCCCCCCCCCCCCCCCCC(C)CC. The lowest BCUT2D eigenvalue weighted by Gasteiger charge is -2.18. The van der Waals surface area contributed by atoms with Crippen LogP contribution in [0.25, 0.3) is 0 Å². The van der Waals surface area contributed by atoms with Crippen LogP contribution < -0.4 is 0 Å². The maximum absolute atomic E-state index is 12.9. The lowest BCUT2D eigenvalue weighted by Crippen LogP contribution is -2.30. The average molecular weight is 948 g/mol. The molecule has 0 aliphatic rings. The average Bonchev–Trinajstić information content (AvgIpc) is 3.31. The third kappa shape index (κ3) is 53.6. The van der Waals surface area contributed by atoms with E-state index in [1.165, 1.54) is 231 Å². The van der Waals surface area contributed by atoms with Crippen molar-refractivity contribution in [3.8, 4) is 0 Å². The zero-order valence-corrected chi connectivity index (χ0v) is 46.0. The smallest absolute Gasteiger partial charge is 0.306 e. The first-order chi connectivity index (χ1) is 32.8. The van der Waals surface area contributed by atoms with Crippen molar-refractivity contribution in [2.45, 2.75) is 349 Å². The highest BCUT2D eigenvalue weighted by atomic mass is 16.6. The minimum absolute atomic E-state index is 0.0624. The molecule has 2 atom stereocenters. The van der Waals surface area contributed by atoms with Crippen LogP contribution in [0.2, 0.25) is 0 Å². The van der Waals surface area contributed by atoms with Crippen LogP contribution in [0.5, 0.6) is 0 Å². The molecule has 67 heavy (non-hydrogen) atoms. The number of hydrogen-bond donors (Lipinski definition) is 0. The van der Waals surface area contributed by atoms with Gasteiger partial charge >= 0.3 is 17.9 Å². The van der Waals surface area contributed by atoms with Crippen LogP contribution in [0, 0.1) is 11.8 Å². The summed E-state index contributed by atoms with van der Waals surface area (Å²) in [5.41, 5.74) is 0. The normalized spacial score (nSPS) is 12.4. The van der Waals surface area contributed by atoms with E-state index in [2.05, 4.69) is 34.6 Å². The monoisotopic (exact) mass is 947 g/mol. The molecule has 0 aromatic carbocycles. The van der Waals surface area contributed by atoms with Crippen LogP contribution in [0.1, 0.15) is 343 Å². The van der Waals surface area contributed by atoms with E-state index in [9.17, 15) is 14.4 Å². The van der Waals surface area contributed by atoms with Crippen LogP contribution in [-0.4, -0.2) is 37.2 Å². The number of esters is 3. The van der Waals surface area contributed by atoms with E-state index in [1.54, 1.807) is 0 Å². The summed E-state index contributed by atoms with van der Waals surface area (Å²) in [6, 6.07) is 0. The van der Waals surface area contributed by atoms with E-state index in [0.29, 0.717) is 19.3 Å². The molecular formula is C61H118O6. The van der Waals surface area contributed by atoms with Gasteiger partial charge in [-0.05, 0) is 31.1 Å². The molecule has 0 aliphatic heterocycles. The van der Waals surface area contributed by atoms with E-state index in [4.69, 9.17) is 14.2 Å². The Bertz CT molecular complexity index is 1030. The fourth-order valence-electron chi connectivity index (χ4n) is 9.37. The van der Waals surface area contributed by atoms with Crippen molar-refractivity contribution < 1.29 is 28.6 Å². The highest BCUT2D eigenvalue weighted by molar-refractivity contribution is 5.71. The van der Waals surface area contributed by atoms with Crippen LogP contribution >= 0.6 is 0 Å². The van der Waals surface area contributed by atoms with Gasteiger partial charge in [-0.25, -0.2) is 0 Å². The second-order valence-electron chi connectivity index (χ2n) is 21.7. The minimum Gasteiger partial charge on any atom is -0.462 e. The van der Waals surface area contributed by atoms with Gasteiger partial charge in [0, 0.05) is 19.3 Å². The van der Waals surface area contributed by atoms with Crippen molar-refractivity contribution in [2.75, 3.05) is 13.2 Å². The maximum atomic E-state index is 12.9. The third-order valence-corrected chi connectivity index (χ3v) is 14.3. The van der Waals surface area contributed by atoms with Crippen LogP contribution in [0.15, 0.2) is 0 Å². The molecule has 0 saturated carbocycles. The van der Waals surface area contributed by atoms with Crippen molar-refractivity contribution in [3.63, 3.8) is 0 Å². The summed E-state index contributed by atoms with van der Waals surface area (Å²) >= 11 is 0. The van der Waals surface area contributed by atoms with Crippen molar-refractivity contribution in [1.29, 1.82) is 0 Å². The van der Waals surface area contributed by atoms with E-state index in [-0.39, 0.29) is 31.1 Å². The van der Waals surface area contributed by atoms with Gasteiger partial charge in [-0.3, -0.25) is 14.4 Å². The molecule has 1 unspecified atom stereocenters. The Morgan fingerprint density at radius 1 is 0.313 bits per heavy atom. The zero-order chi connectivity index (χ0) is 48.9. The molecule has 0 N–H and O–H groups in total. The molecule has 6 heteroatoms. The molecule has 0 aliphatic carbocycles. The van der Waals surface area contributed by atoms with Crippen LogP contribution in [-0.2, 0) is 28.6 Å². The number of unbranched alkanes of at least 4 members (excludes halogenated alkanes) is 39. The molecule has 0 aromatic rings. The summed E-state index contributed by atoms with van der Waals surface area (Å²) in [6.07, 6.45) is 58.1. The molecule has 0 aromatic heterocycles. The van der Waals surface area contributed by atoms with Crippen molar-refractivity contribution in [2.24, 2.45) is 11.8 Å². The van der Waals surface area contributed by atoms with Crippen LogP contribution in [0.4, 0.5) is 0 Å². The summed E-state index contributed by atoms with van der Waals surface area (Å²) in [6.45, 7) is 11.5. The summed E-state index contributed by atoms with van der Waals surface area (Å²) in [4.78, 5) is 38.1. The van der Waals surface area contributed by atoms with E-state index >= 15 is 0 Å². The molecule has 0 bridgehead atoms. The lowest BCUT2D eigenvalue weighted by molar-refractivity contribution is -0.167. The van der Waals surface area contributed by atoms with Gasteiger partial charge in [-0.2, -0.15) is 0 Å². The van der Waals surface area contributed by atoms with Gasteiger partial charge in [0.05, 0.1) is 0 Å². The van der Waals surface area contributed by atoms with Gasteiger partial charge in [0.2, 0.25) is 0 Å². The Morgan fingerprint density at radius 3 is 0.851 bits per heavy atom. The number of rotatable bonds is 55. The largest absolute Gasteiger partial charge is 0.462 e. The number of carbonyl (C=O) groups excluding carboxylic acids is 3. The summed E-state index contributed by atoms with van der Waals surface area (Å²) < 4.78 is 16.9. The Balaban J connectivity index is 4.23. The molecule has 0 saturated heterocycles. The number of hydrogen-bond acceptors (Lipinski definition) is 6. The van der Waals surface area contributed by atoms with Gasteiger partial charge in [0.1, 0.15) is 13.2 Å². The standard InChI is InChI=1S/C61H118O6/c1-6-8-9-10-11-12-24-31-36-41-46-51-59(62)65-54-58(55-66-60(63)52-47-42-37-32-27-23-19-20-25-29-34-39-44-49-56(3)4)67-61(64)53-48-43-38-33-28-22-18-16-14-13-15-17-21-26-30-35-40-45-50-57(5)7-2/h56-58H,6-55H2,1-5H3/t57?,58-/m0/s1. The topological polar surface area (TPSA) is 78.9 Å². The molecule has 0 rings (SSSR count). The highest BCUT2D eigenvalue weighted by Crippen LogP contribution is 2.19. The van der Waals surface area contributed by atoms with Crippen LogP contribution in [0.3, 0.4) is 0 Å². The van der Waals surface area contributed by atoms with Gasteiger partial charge in [-0.1, -0.05) is 304 Å². The molecule has 0 spiro atoms. The Kier molecular flexibility index (Phi) is 52.5. The molecule has 0 heterocycles. The van der Waals surface area contributed by atoms with E-state index in [1.807, 2.05) is 0 Å². The van der Waals surface area contributed by atoms with Gasteiger partial charge < -0.3 is 14.2 Å². The Hall–Kier alpha value is -1.59. The molecule has 0 fully saturated rings. The summed E-state index contributed by atoms with van der Waals surface area (Å²) in [7, 11) is 0. The second-order valence-corrected chi connectivity index (χ2v) is 21.7. The first-order valence-electron chi connectivity index (χ1n) is 30.3. The maximum Gasteiger partial charge on any atom is 0.306 e. The fraction of sp³-hybridized carbons (Fsp3) is 0.951. The molecular weight excluding hydrogens is 829 g/mol. The second kappa shape index (κ2) is 53.8. The van der Waals surface area contributed by atoms with Gasteiger partial charge in [-0.15, -0.1) is 0 Å². The third-order valence-electron chi connectivity index (χ3n) is 14.3. The van der Waals surface area contributed by atoms with Crippen molar-refractivity contribution >= 4 is 17.9 Å². The number of carbonyl (C=O) groups is 3. The molecule has 0 radical (unpaired) electrons. The van der Waals surface area contributed by atoms with Crippen molar-refractivity contribution in [1.82, 2.24) is 0 Å². The first kappa shape index (κ1) is 65.4. The predicted molar refractivity (Wildman–Crippen MR) is 289 cm³/mol. The number of ether oxygens (including phenoxy) is 3. The first-order valence-corrected chi connectivity index (χ1v) is 30.3. The Labute approximate surface area is 418 Å². The summed E-state index contributed by atoms with van der Waals surface area (Å²) in [5.74, 6) is 0.912. The predicted octanol–water partition coefficient (Wildman–Crippen LogP) is 20.0. The fourth-order valence-corrected chi connectivity index (χ4v) is 9.37. The highest BCUT2D eigenvalue weighted by Gasteiger charge is 2.19. The van der Waals surface area contributed by atoms with E-state index < -0.39 is 6.10 Å². The van der Waals surface area contributed by atoms with E-state index in [0.717, 1.165) is 69.6 Å². The zero-order valence-electron chi connectivity index (χ0n) is 46.0. The van der Waals surface area contributed by atoms with Crippen molar-refractivity contribution in [3.05, 3.63) is 0 Å². The lowest BCUT2D eigenvalue weighted by atomic mass is 9.99. The molecule has 398 valence electrons. The minimum atomic E-state index is -0.762.